The molecule has 0 saturated heterocycles. The van der Waals surface area contributed by atoms with Crippen LogP contribution in [0.4, 0.5) is 0 Å². The Bertz CT molecular complexity index is 492. The molecule has 1 heterocycles. The summed E-state index contributed by atoms with van der Waals surface area (Å²) in [5, 5.41) is 13.6. The molecule has 0 aromatic carbocycles. The first-order valence-corrected chi connectivity index (χ1v) is 7.90. The maximum absolute atomic E-state index is 12.0. The number of hydrogen-bond acceptors (Lipinski definition) is 4. The van der Waals surface area contributed by atoms with E-state index in [0.29, 0.717) is 17.7 Å². The zero-order valence-electron chi connectivity index (χ0n) is 12.3. The summed E-state index contributed by atoms with van der Waals surface area (Å²) in [5.74, 6) is -1.27. The van der Waals surface area contributed by atoms with Crippen LogP contribution in [0.5, 0.6) is 0 Å². The highest BCUT2D eigenvalue weighted by Crippen LogP contribution is 2.20. The third-order valence-electron chi connectivity index (χ3n) is 3.62. The molecule has 0 fully saturated rings. The van der Waals surface area contributed by atoms with Crippen molar-refractivity contribution in [2.45, 2.75) is 51.5 Å². The van der Waals surface area contributed by atoms with E-state index in [9.17, 15) is 14.4 Å². The zero-order chi connectivity index (χ0) is 15.9. The van der Waals surface area contributed by atoms with E-state index in [1.807, 2.05) is 19.2 Å². The van der Waals surface area contributed by atoms with Gasteiger partial charge in [-0.2, -0.15) is 0 Å². The Morgan fingerprint density at radius 2 is 1.90 bits per heavy atom. The van der Waals surface area contributed by atoms with Crippen LogP contribution in [0.25, 0.3) is 0 Å². The van der Waals surface area contributed by atoms with Crippen LogP contribution in [-0.2, 0) is 9.59 Å². The minimum absolute atomic E-state index is 0.0584. The molecule has 0 saturated carbocycles. The summed E-state index contributed by atoms with van der Waals surface area (Å²) in [6.07, 6.45) is 1.20. The average Bonchev–Trinajstić information content (AvgIpc) is 2.97. The fourth-order valence-electron chi connectivity index (χ4n) is 2.16. The van der Waals surface area contributed by atoms with Crippen molar-refractivity contribution in [1.82, 2.24) is 5.32 Å². The maximum atomic E-state index is 12.0. The van der Waals surface area contributed by atoms with Crippen LogP contribution in [0.1, 0.15) is 55.6 Å². The zero-order valence-corrected chi connectivity index (χ0v) is 13.2. The van der Waals surface area contributed by atoms with Gasteiger partial charge in [0.2, 0.25) is 5.91 Å². The summed E-state index contributed by atoms with van der Waals surface area (Å²) in [6.45, 7) is 3.70. The molecule has 2 N–H and O–H groups in total. The number of aliphatic carboxylic acids is 1. The van der Waals surface area contributed by atoms with Gasteiger partial charge in [0.05, 0.1) is 11.3 Å². The summed E-state index contributed by atoms with van der Waals surface area (Å²) in [6, 6.07) is 3.53. The van der Waals surface area contributed by atoms with Gasteiger partial charge >= 0.3 is 5.97 Å². The standard InChI is InChI=1S/C15H21NO4S/c1-3-15(4-2,10-14(19)20)16-13(18)8-7-11(17)12-6-5-9-21-12/h5-6,9H,3-4,7-8,10H2,1-2H3,(H,16,18)(H,19,20). The van der Waals surface area contributed by atoms with Gasteiger partial charge in [-0.05, 0) is 24.3 Å². The topological polar surface area (TPSA) is 83.5 Å². The Morgan fingerprint density at radius 1 is 1.24 bits per heavy atom. The SMILES string of the molecule is CCC(CC)(CC(=O)O)NC(=O)CCC(=O)c1cccs1. The summed E-state index contributed by atoms with van der Waals surface area (Å²) in [5.41, 5.74) is -0.727. The lowest BCUT2D eigenvalue weighted by atomic mass is 9.88. The van der Waals surface area contributed by atoms with Gasteiger partial charge in [0, 0.05) is 18.4 Å². The molecule has 0 aliphatic heterocycles. The summed E-state index contributed by atoms with van der Waals surface area (Å²) in [7, 11) is 0. The molecular weight excluding hydrogens is 290 g/mol. The lowest BCUT2D eigenvalue weighted by molar-refractivity contribution is -0.139. The van der Waals surface area contributed by atoms with Gasteiger partial charge in [-0.3, -0.25) is 14.4 Å². The number of carbonyl (C=O) groups excluding carboxylic acids is 2. The van der Waals surface area contributed by atoms with E-state index < -0.39 is 11.5 Å². The number of Topliss-reactive ketones (excluding diaryl/α,β-unsaturated/α-hetero) is 1. The Balaban J connectivity index is 2.54. The lowest BCUT2D eigenvalue weighted by Gasteiger charge is -2.31. The van der Waals surface area contributed by atoms with Gasteiger partial charge in [0.25, 0.3) is 0 Å². The average molecular weight is 311 g/mol. The van der Waals surface area contributed by atoms with E-state index in [0.717, 1.165) is 0 Å². The van der Waals surface area contributed by atoms with Crippen LogP contribution in [-0.4, -0.2) is 28.3 Å². The third-order valence-corrected chi connectivity index (χ3v) is 4.53. The van der Waals surface area contributed by atoms with Crippen LogP contribution in [0, 0.1) is 0 Å². The largest absolute Gasteiger partial charge is 0.481 e. The van der Waals surface area contributed by atoms with Crippen LogP contribution < -0.4 is 5.32 Å². The number of thiophene rings is 1. The molecule has 0 unspecified atom stereocenters. The molecule has 5 nitrogen and oxygen atoms in total. The summed E-state index contributed by atoms with van der Waals surface area (Å²) in [4.78, 5) is 35.4. The van der Waals surface area contributed by atoms with E-state index in [1.54, 1.807) is 12.1 Å². The Hall–Kier alpha value is -1.69. The van der Waals surface area contributed by atoms with E-state index in [4.69, 9.17) is 5.11 Å². The smallest absolute Gasteiger partial charge is 0.305 e. The fraction of sp³-hybridized carbons (Fsp3) is 0.533. The predicted octanol–water partition coefficient (Wildman–Crippen LogP) is 2.86. The predicted molar refractivity (Wildman–Crippen MR) is 81.6 cm³/mol. The van der Waals surface area contributed by atoms with Crippen molar-refractivity contribution >= 4 is 29.0 Å². The Morgan fingerprint density at radius 3 is 2.38 bits per heavy atom. The van der Waals surface area contributed by atoms with Gasteiger partial charge in [-0.15, -0.1) is 11.3 Å². The molecule has 0 atom stereocenters. The second kappa shape index (κ2) is 7.93. The molecule has 1 amide bonds. The monoisotopic (exact) mass is 311 g/mol. The Kier molecular flexibility index (Phi) is 6.55. The van der Waals surface area contributed by atoms with Crippen molar-refractivity contribution in [3.8, 4) is 0 Å². The van der Waals surface area contributed by atoms with Gasteiger partial charge < -0.3 is 10.4 Å². The number of carbonyl (C=O) groups is 3. The maximum Gasteiger partial charge on any atom is 0.305 e. The van der Waals surface area contributed by atoms with Gasteiger partial charge in [0.1, 0.15) is 0 Å². The molecule has 1 aromatic heterocycles. The van der Waals surface area contributed by atoms with Crippen molar-refractivity contribution in [1.29, 1.82) is 0 Å². The molecule has 1 rings (SSSR count). The van der Waals surface area contributed by atoms with Crippen LogP contribution in [0.15, 0.2) is 17.5 Å². The third kappa shape index (κ3) is 5.30. The number of hydrogen-bond donors (Lipinski definition) is 2. The lowest BCUT2D eigenvalue weighted by Crippen LogP contribution is -2.49. The molecule has 0 aliphatic rings. The number of carboxylic acid groups (broad SMARTS) is 1. The van der Waals surface area contributed by atoms with E-state index in [-0.39, 0.29) is 31.0 Å². The fourth-order valence-corrected chi connectivity index (χ4v) is 2.85. The number of carboxylic acids is 1. The molecular formula is C15H21NO4S. The normalized spacial score (nSPS) is 11.1. The van der Waals surface area contributed by atoms with Gasteiger partial charge in [-0.1, -0.05) is 19.9 Å². The van der Waals surface area contributed by atoms with Crippen LogP contribution >= 0.6 is 11.3 Å². The first-order chi connectivity index (χ1) is 9.92. The first kappa shape index (κ1) is 17.4. The van der Waals surface area contributed by atoms with Crippen molar-refractivity contribution in [3.05, 3.63) is 22.4 Å². The van der Waals surface area contributed by atoms with Crippen molar-refractivity contribution < 1.29 is 19.5 Å². The molecule has 1 aromatic rings. The first-order valence-electron chi connectivity index (χ1n) is 7.02. The minimum Gasteiger partial charge on any atom is -0.481 e. The molecule has 0 bridgehead atoms. The van der Waals surface area contributed by atoms with E-state index >= 15 is 0 Å². The number of amides is 1. The number of nitrogens with one attached hydrogen (secondary N) is 1. The molecule has 0 aliphatic carbocycles. The molecule has 0 spiro atoms. The van der Waals surface area contributed by atoms with E-state index in [2.05, 4.69) is 5.32 Å². The van der Waals surface area contributed by atoms with Crippen molar-refractivity contribution in [3.63, 3.8) is 0 Å². The van der Waals surface area contributed by atoms with E-state index in [1.165, 1.54) is 11.3 Å². The van der Waals surface area contributed by atoms with Crippen molar-refractivity contribution in [2.75, 3.05) is 0 Å². The van der Waals surface area contributed by atoms with Gasteiger partial charge in [-0.25, -0.2) is 0 Å². The number of ketones is 1. The number of rotatable bonds is 9. The highest BCUT2D eigenvalue weighted by molar-refractivity contribution is 7.12. The second-order valence-corrected chi connectivity index (χ2v) is 5.95. The highest BCUT2D eigenvalue weighted by Gasteiger charge is 2.30. The molecule has 6 heteroatoms. The highest BCUT2D eigenvalue weighted by atomic mass is 32.1. The second-order valence-electron chi connectivity index (χ2n) is 5.01. The molecule has 116 valence electrons. The van der Waals surface area contributed by atoms with Crippen LogP contribution in [0.3, 0.4) is 0 Å². The van der Waals surface area contributed by atoms with Crippen molar-refractivity contribution in [2.24, 2.45) is 0 Å². The summed E-state index contributed by atoms with van der Waals surface area (Å²) >= 11 is 1.35. The summed E-state index contributed by atoms with van der Waals surface area (Å²) < 4.78 is 0. The molecule has 0 radical (unpaired) electrons. The quantitative estimate of drug-likeness (QED) is 0.687. The minimum atomic E-state index is -0.936. The Labute approximate surface area is 128 Å². The molecule has 21 heavy (non-hydrogen) atoms. The van der Waals surface area contributed by atoms with Gasteiger partial charge in [0.15, 0.2) is 5.78 Å². The van der Waals surface area contributed by atoms with Crippen LogP contribution in [0.2, 0.25) is 0 Å².